The highest BCUT2D eigenvalue weighted by atomic mass is 16.5. The first-order chi connectivity index (χ1) is 14.5. The normalized spacial score (nSPS) is 13.2. The first-order valence-electron chi connectivity index (χ1n) is 10.6. The van der Waals surface area contributed by atoms with Crippen molar-refractivity contribution < 1.29 is 14.3 Å². The third-order valence-electron chi connectivity index (χ3n) is 5.40. The van der Waals surface area contributed by atoms with Crippen LogP contribution in [0.2, 0.25) is 0 Å². The molecule has 6 heteroatoms. The second kappa shape index (κ2) is 10.3. The Morgan fingerprint density at radius 3 is 2.37 bits per heavy atom. The van der Waals surface area contributed by atoms with Gasteiger partial charge in [0.05, 0.1) is 13.7 Å². The number of hydrogen-bond donors (Lipinski definition) is 1. The van der Waals surface area contributed by atoms with Crippen molar-refractivity contribution in [2.24, 2.45) is 0 Å². The summed E-state index contributed by atoms with van der Waals surface area (Å²) >= 11 is 0. The Balaban J connectivity index is 1.61. The fourth-order valence-electron chi connectivity index (χ4n) is 3.53. The van der Waals surface area contributed by atoms with E-state index in [1.807, 2.05) is 50.2 Å². The molecule has 2 aromatic carbocycles. The minimum absolute atomic E-state index is 0.0183. The van der Waals surface area contributed by atoms with Gasteiger partial charge in [-0.1, -0.05) is 18.2 Å². The summed E-state index contributed by atoms with van der Waals surface area (Å²) in [6.45, 7) is 6.29. The van der Waals surface area contributed by atoms with E-state index in [2.05, 4.69) is 10.2 Å². The molecule has 30 heavy (non-hydrogen) atoms. The van der Waals surface area contributed by atoms with E-state index in [1.165, 1.54) is 0 Å². The molecule has 0 aromatic heterocycles. The average Bonchev–Trinajstić information content (AvgIpc) is 3.60. The molecule has 2 amide bonds. The molecule has 6 nitrogen and oxygen atoms in total. The molecule has 160 valence electrons. The molecule has 0 spiro atoms. The number of nitrogens with one attached hydrogen (secondary N) is 1. The summed E-state index contributed by atoms with van der Waals surface area (Å²) in [6.07, 6.45) is 2.24. The molecule has 0 aliphatic heterocycles. The van der Waals surface area contributed by atoms with Crippen molar-refractivity contribution in [2.75, 3.05) is 32.1 Å². The van der Waals surface area contributed by atoms with E-state index >= 15 is 0 Å². The maximum Gasteiger partial charge on any atom is 0.253 e. The van der Waals surface area contributed by atoms with E-state index in [0.717, 1.165) is 30.7 Å². The number of benzene rings is 2. The minimum atomic E-state index is -0.0668. The summed E-state index contributed by atoms with van der Waals surface area (Å²) in [7, 11) is 1.65. The minimum Gasteiger partial charge on any atom is -0.497 e. The van der Waals surface area contributed by atoms with E-state index in [1.54, 1.807) is 24.1 Å². The van der Waals surface area contributed by atoms with Gasteiger partial charge in [0.2, 0.25) is 5.91 Å². The van der Waals surface area contributed by atoms with Gasteiger partial charge in [0.25, 0.3) is 5.91 Å². The van der Waals surface area contributed by atoms with Gasteiger partial charge in [0.15, 0.2) is 0 Å². The maximum absolute atomic E-state index is 12.7. The van der Waals surface area contributed by atoms with E-state index < -0.39 is 0 Å². The van der Waals surface area contributed by atoms with Gasteiger partial charge < -0.3 is 15.0 Å². The molecule has 0 bridgehead atoms. The quantitative estimate of drug-likeness (QED) is 0.649. The van der Waals surface area contributed by atoms with E-state index in [9.17, 15) is 9.59 Å². The van der Waals surface area contributed by atoms with Crippen LogP contribution >= 0.6 is 0 Å². The van der Waals surface area contributed by atoms with Crippen molar-refractivity contribution in [3.8, 4) is 5.75 Å². The number of ether oxygens (including phenoxy) is 1. The number of amides is 2. The number of anilines is 1. The lowest BCUT2D eigenvalue weighted by Crippen LogP contribution is -2.34. The number of methoxy groups -OCH3 is 1. The van der Waals surface area contributed by atoms with Gasteiger partial charge in [0.1, 0.15) is 5.75 Å². The molecule has 0 heterocycles. The first-order valence-corrected chi connectivity index (χ1v) is 10.6. The van der Waals surface area contributed by atoms with Crippen LogP contribution < -0.4 is 10.1 Å². The van der Waals surface area contributed by atoms with E-state index in [0.29, 0.717) is 36.9 Å². The van der Waals surface area contributed by atoms with Crippen molar-refractivity contribution in [1.29, 1.82) is 0 Å². The molecule has 1 saturated carbocycles. The lowest BCUT2D eigenvalue weighted by atomic mass is 10.1. The predicted molar refractivity (Wildman–Crippen MR) is 119 cm³/mol. The fourth-order valence-corrected chi connectivity index (χ4v) is 3.53. The Morgan fingerprint density at radius 2 is 1.77 bits per heavy atom. The van der Waals surface area contributed by atoms with Crippen LogP contribution in [0.3, 0.4) is 0 Å². The van der Waals surface area contributed by atoms with Crippen molar-refractivity contribution in [1.82, 2.24) is 9.80 Å². The summed E-state index contributed by atoms with van der Waals surface area (Å²) in [5.41, 5.74) is 2.40. The SMILES string of the molecule is CCN(CC)C(=O)c1cccc(NC(=O)CN(Cc2ccc(OC)cc2)C2CC2)c1. The Labute approximate surface area is 178 Å². The highest BCUT2D eigenvalue weighted by molar-refractivity contribution is 5.97. The van der Waals surface area contributed by atoms with Gasteiger partial charge in [-0.15, -0.1) is 0 Å². The fraction of sp³-hybridized carbons (Fsp3) is 0.417. The molecule has 1 N–H and O–H groups in total. The molecule has 0 atom stereocenters. The zero-order valence-corrected chi connectivity index (χ0v) is 18.1. The number of nitrogens with zero attached hydrogens (tertiary/aromatic N) is 2. The molecule has 0 saturated heterocycles. The third kappa shape index (κ3) is 5.83. The Bertz CT molecular complexity index is 858. The van der Waals surface area contributed by atoms with Crippen LogP contribution in [0.15, 0.2) is 48.5 Å². The zero-order valence-electron chi connectivity index (χ0n) is 18.1. The van der Waals surface area contributed by atoms with Gasteiger partial charge in [-0.05, 0) is 62.6 Å². The Hall–Kier alpha value is -2.86. The predicted octanol–water partition coefficient (Wildman–Crippen LogP) is 3.78. The molecule has 1 fully saturated rings. The van der Waals surface area contributed by atoms with Crippen molar-refractivity contribution in [3.63, 3.8) is 0 Å². The second-order valence-electron chi connectivity index (χ2n) is 7.59. The van der Waals surface area contributed by atoms with Crippen LogP contribution in [0.25, 0.3) is 0 Å². The van der Waals surface area contributed by atoms with Crippen molar-refractivity contribution >= 4 is 17.5 Å². The molecular weight excluding hydrogens is 378 g/mol. The zero-order chi connectivity index (χ0) is 21.5. The smallest absolute Gasteiger partial charge is 0.253 e. The van der Waals surface area contributed by atoms with Gasteiger partial charge in [-0.3, -0.25) is 14.5 Å². The van der Waals surface area contributed by atoms with Gasteiger partial charge in [-0.2, -0.15) is 0 Å². The van der Waals surface area contributed by atoms with E-state index in [4.69, 9.17) is 4.74 Å². The molecule has 0 radical (unpaired) electrons. The average molecular weight is 410 g/mol. The first kappa shape index (κ1) is 21.8. The van der Waals surface area contributed by atoms with Crippen LogP contribution in [0.1, 0.15) is 42.6 Å². The van der Waals surface area contributed by atoms with Gasteiger partial charge >= 0.3 is 0 Å². The van der Waals surface area contributed by atoms with Gasteiger partial charge in [-0.25, -0.2) is 0 Å². The van der Waals surface area contributed by atoms with E-state index in [-0.39, 0.29) is 11.8 Å². The van der Waals surface area contributed by atoms with Crippen LogP contribution in [0.4, 0.5) is 5.69 Å². The number of rotatable bonds is 10. The standard InChI is InChI=1S/C24H31N3O3/c1-4-26(5-2)24(29)19-7-6-8-20(15-19)25-23(28)17-27(21-11-12-21)16-18-9-13-22(30-3)14-10-18/h6-10,13-15,21H,4-5,11-12,16-17H2,1-3H3,(H,25,28). The lowest BCUT2D eigenvalue weighted by molar-refractivity contribution is -0.117. The molecule has 3 rings (SSSR count). The number of carbonyl (C=O) groups excluding carboxylic acids is 2. The number of hydrogen-bond acceptors (Lipinski definition) is 4. The van der Waals surface area contributed by atoms with Crippen LogP contribution in [-0.4, -0.2) is 54.4 Å². The highest BCUT2D eigenvalue weighted by Gasteiger charge is 2.30. The van der Waals surface area contributed by atoms with Crippen molar-refractivity contribution in [2.45, 2.75) is 39.3 Å². The van der Waals surface area contributed by atoms with Crippen LogP contribution in [-0.2, 0) is 11.3 Å². The maximum atomic E-state index is 12.7. The topological polar surface area (TPSA) is 61.9 Å². The molecule has 0 unspecified atom stereocenters. The monoisotopic (exact) mass is 409 g/mol. The third-order valence-corrected chi connectivity index (χ3v) is 5.40. The Kier molecular flexibility index (Phi) is 7.46. The largest absolute Gasteiger partial charge is 0.497 e. The summed E-state index contributed by atoms with van der Waals surface area (Å²) in [4.78, 5) is 29.2. The van der Waals surface area contributed by atoms with Crippen LogP contribution in [0.5, 0.6) is 5.75 Å². The lowest BCUT2D eigenvalue weighted by Gasteiger charge is -2.22. The molecular formula is C24H31N3O3. The Morgan fingerprint density at radius 1 is 1.07 bits per heavy atom. The summed E-state index contributed by atoms with van der Waals surface area (Å²) in [5.74, 6) is 0.742. The van der Waals surface area contributed by atoms with Crippen molar-refractivity contribution in [3.05, 3.63) is 59.7 Å². The highest BCUT2D eigenvalue weighted by Crippen LogP contribution is 2.28. The molecule has 1 aliphatic carbocycles. The van der Waals surface area contributed by atoms with Gasteiger partial charge in [0, 0.05) is 36.9 Å². The molecule has 2 aromatic rings. The van der Waals surface area contributed by atoms with Crippen LogP contribution in [0, 0.1) is 0 Å². The molecule has 1 aliphatic rings. The summed E-state index contributed by atoms with van der Waals surface area (Å²) in [6, 6.07) is 15.6. The second-order valence-corrected chi connectivity index (χ2v) is 7.59. The number of carbonyl (C=O) groups is 2. The summed E-state index contributed by atoms with van der Waals surface area (Å²) in [5, 5.41) is 2.96. The summed E-state index contributed by atoms with van der Waals surface area (Å²) < 4.78 is 5.22.